The molecule has 0 spiro atoms. The van der Waals surface area contributed by atoms with Crippen LogP contribution in [-0.2, 0) is 18.3 Å². The van der Waals surface area contributed by atoms with E-state index in [1.165, 1.54) is 16.6 Å². The average molecular weight is 431 g/mol. The summed E-state index contributed by atoms with van der Waals surface area (Å²) in [6.07, 6.45) is 0.686. The number of hydrogen-bond donors (Lipinski definition) is 2. The van der Waals surface area contributed by atoms with Crippen LogP contribution in [0.15, 0.2) is 40.9 Å². The highest BCUT2D eigenvalue weighted by molar-refractivity contribution is 7.99. The SMILES string of the molecule is Cn1c(Cc2cccs2)nnc1SCC(=O)NC(=O)Nc1ccc2c(c1)OCO2. The van der Waals surface area contributed by atoms with Gasteiger partial charge in [-0.2, -0.15) is 0 Å². The molecule has 2 aromatic heterocycles. The molecule has 29 heavy (non-hydrogen) atoms. The molecule has 0 radical (unpaired) electrons. The molecule has 9 nitrogen and oxygen atoms in total. The number of amides is 3. The fourth-order valence-electron chi connectivity index (χ4n) is 2.62. The predicted octanol–water partition coefficient (Wildman–Crippen LogP) is 2.64. The molecule has 0 atom stereocenters. The smallest absolute Gasteiger partial charge is 0.325 e. The Balaban J connectivity index is 1.26. The van der Waals surface area contributed by atoms with Crippen LogP contribution in [-0.4, -0.2) is 39.2 Å². The summed E-state index contributed by atoms with van der Waals surface area (Å²) in [5.74, 6) is 1.59. The van der Waals surface area contributed by atoms with Gasteiger partial charge >= 0.3 is 6.03 Å². The number of thiophene rings is 1. The number of fused-ring (bicyclic) bond motifs is 1. The Morgan fingerprint density at radius 1 is 1.24 bits per heavy atom. The molecule has 0 bridgehead atoms. The summed E-state index contributed by atoms with van der Waals surface area (Å²) >= 11 is 2.87. The topological polar surface area (TPSA) is 107 Å². The highest BCUT2D eigenvalue weighted by Gasteiger charge is 2.16. The van der Waals surface area contributed by atoms with Crippen LogP contribution < -0.4 is 20.1 Å². The second kappa shape index (κ2) is 8.53. The highest BCUT2D eigenvalue weighted by Crippen LogP contribution is 2.34. The molecule has 4 rings (SSSR count). The Labute approximate surface area is 174 Å². The first kappa shape index (κ1) is 19.3. The lowest BCUT2D eigenvalue weighted by atomic mass is 10.3. The van der Waals surface area contributed by atoms with Gasteiger partial charge in [-0.25, -0.2) is 4.79 Å². The molecule has 1 aliphatic heterocycles. The minimum Gasteiger partial charge on any atom is -0.454 e. The van der Waals surface area contributed by atoms with Gasteiger partial charge in [0.05, 0.1) is 5.75 Å². The van der Waals surface area contributed by atoms with E-state index in [2.05, 4.69) is 20.8 Å². The molecular formula is C18H17N5O4S2. The van der Waals surface area contributed by atoms with E-state index in [4.69, 9.17) is 9.47 Å². The molecule has 11 heteroatoms. The molecule has 0 aliphatic carbocycles. The van der Waals surface area contributed by atoms with Crippen LogP contribution in [0.25, 0.3) is 0 Å². The van der Waals surface area contributed by atoms with Gasteiger partial charge in [-0.3, -0.25) is 10.1 Å². The van der Waals surface area contributed by atoms with Crippen molar-refractivity contribution in [2.24, 2.45) is 7.05 Å². The molecule has 1 aromatic carbocycles. The van der Waals surface area contributed by atoms with E-state index in [1.807, 2.05) is 29.1 Å². The molecule has 3 amide bonds. The number of rotatable bonds is 6. The third-order valence-electron chi connectivity index (χ3n) is 4.05. The second-order valence-corrected chi connectivity index (χ2v) is 8.05. The van der Waals surface area contributed by atoms with Crippen LogP contribution in [0.2, 0.25) is 0 Å². The summed E-state index contributed by atoms with van der Waals surface area (Å²) in [5.41, 5.74) is 0.499. The Morgan fingerprint density at radius 3 is 2.93 bits per heavy atom. The Hall–Kier alpha value is -3.05. The standard InChI is InChI=1S/C18H17N5O4S2/c1-23-15(8-12-3-2-6-28-12)21-22-18(23)29-9-16(24)20-17(25)19-11-4-5-13-14(7-11)27-10-26-13/h2-7H,8-10H2,1H3,(H2,19,20,24,25). The molecule has 3 aromatic rings. The van der Waals surface area contributed by atoms with Gasteiger partial charge < -0.3 is 19.4 Å². The molecule has 3 heterocycles. The first-order valence-electron chi connectivity index (χ1n) is 8.62. The Kier molecular flexibility index (Phi) is 5.67. The number of imide groups is 1. The maximum absolute atomic E-state index is 12.1. The van der Waals surface area contributed by atoms with E-state index in [1.54, 1.807) is 29.5 Å². The van der Waals surface area contributed by atoms with Crippen LogP contribution >= 0.6 is 23.1 Å². The third kappa shape index (κ3) is 4.69. The van der Waals surface area contributed by atoms with E-state index in [9.17, 15) is 9.59 Å². The molecule has 0 fully saturated rings. The fraction of sp³-hybridized carbons (Fsp3) is 0.222. The summed E-state index contributed by atoms with van der Waals surface area (Å²) < 4.78 is 12.3. The largest absolute Gasteiger partial charge is 0.454 e. The number of thioether (sulfide) groups is 1. The number of nitrogens with zero attached hydrogens (tertiary/aromatic N) is 3. The number of benzene rings is 1. The molecular weight excluding hydrogens is 414 g/mol. The van der Waals surface area contributed by atoms with Crippen LogP contribution in [0.1, 0.15) is 10.7 Å². The summed E-state index contributed by atoms with van der Waals surface area (Å²) in [6.45, 7) is 0.151. The van der Waals surface area contributed by atoms with Crippen molar-refractivity contribution in [1.29, 1.82) is 0 Å². The number of nitrogens with one attached hydrogen (secondary N) is 2. The Bertz CT molecular complexity index is 1040. The van der Waals surface area contributed by atoms with Gasteiger partial charge in [0.25, 0.3) is 0 Å². The Morgan fingerprint density at radius 2 is 2.10 bits per heavy atom. The van der Waals surface area contributed by atoms with Crippen LogP contribution in [0.4, 0.5) is 10.5 Å². The summed E-state index contributed by atoms with van der Waals surface area (Å²) in [4.78, 5) is 25.3. The molecule has 0 unspecified atom stereocenters. The number of carbonyl (C=O) groups is 2. The first-order valence-corrected chi connectivity index (χ1v) is 10.5. The minimum atomic E-state index is -0.620. The van der Waals surface area contributed by atoms with Crippen LogP contribution in [0.5, 0.6) is 11.5 Å². The molecule has 2 N–H and O–H groups in total. The quantitative estimate of drug-likeness (QED) is 0.578. The lowest BCUT2D eigenvalue weighted by molar-refractivity contribution is -0.117. The number of ether oxygens (including phenoxy) is 2. The van der Waals surface area contributed by atoms with Crippen molar-refractivity contribution in [2.75, 3.05) is 17.9 Å². The molecule has 0 saturated carbocycles. The molecule has 1 aliphatic rings. The van der Waals surface area contributed by atoms with E-state index in [-0.39, 0.29) is 12.5 Å². The summed E-state index contributed by atoms with van der Waals surface area (Å²) in [7, 11) is 1.86. The number of carbonyl (C=O) groups excluding carboxylic acids is 2. The van der Waals surface area contributed by atoms with Crippen molar-refractivity contribution in [3.8, 4) is 11.5 Å². The minimum absolute atomic E-state index is 0.0412. The molecule has 0 saturated heterocycles. The number of aromatic nitrogens is 3. The number of hydrogen-bond acceptors (Lipinski definition) is 8. The van der Waals surface area contributed by atoms with Crippen molar-refractivity contribution in [3.63, 3.8) is 0 Å². The number of anilines is 1. The van der Waals surface area contributed by atoms with Crippen molar-refractivity contribution < 1.29 is 19.1 Å². The van der Waals surface area contributed by atoms with Crippen molar-refractivity contribution >= 4 is 40.7 Å². The number of urea groups is 1. The molecule has 150 valence electrons. The van der Waals surface area contributed by atoms with Gasteiger partial charge in [-0.1, -0.05) is 17.8 Å². The predicted molar refractivity (Wildman–Crippen MR) is 109 cm³/mol. The zero-order chi connectivity index (χ0) is 20.2. The second-order valence-electron chi connectivity index (χ2n) is 6.07. The van der Waals surface area contributed by atoms with Gasteiger partial charge in [0, 0.05) is 30.1 Å². The maximum Gasteiger partial charge on any atom is 0.325 e. The maximum atomic E-state index is 12.1. The zero-order valence-corrected chi connectivity index (χ0v) is 17.0. The zero-order valence-electron chi connectivity index (χ0n) is 15.4. The first-order chi connectivity index (χ1) is 14.1. The highest BCUT2D eigenvalue weighted by atomic mass is 32.2. The van der Waals surface area contributed by atoms with Crippen molar-refractivity contribution in [3.05, 3.63) is 46.4 Å². The lowest BCUT2D eigenvalue weighted by Crippen LogP contribution is -2.35. The average Bonchev–Trinajstić information content (AvgIpc) is 3.43. The van der Waals surface area contributed by atoms with Crippen LogP contribution in [0, 0.1) is 0 Å². The van der Waals surface area contributed by atoms with Crippen molar-refractivity contribution in [2.45, 2.75) is 11.6 Å². The monoisotopic (exact) mass is 431 g/mol. The normalized spacial score (nSPS) is 12.0. The van der Waals surface area contributed by atoms with Gasteiger partial charge in [0.1, 0.15) is 5.82 Å². The van der Waals surface area contributed by atoms with E-state index < -0.39 is 11.9 Å². The summed E-state index contributed by atoms with van der Waals surface area (Å²) in [6, 6.07) is 8.41. The van der Waals surface area contributed by atoms with Gasteiger partial charge in [0.15, 0.2) is 16.7 Å². The van der Waals surface area contributed by atoms with Gasteiger partial charge in [0.2, 0.25) is 12.7 Å². The van der Waals surface area contributed by atoms with Crippen LogP contribution in [0.3, 0.4) is 0 Å². The van der Waals surface area contributed by atoms with E-state index in [0.717, 1.165) is 5.82 Å². The summed E-state index contributed by atoms with van der Waals surface area (Å²) in [5, 5.41) is 15.8. The lowest BCUT2D eigenvalue weighted by Gasteiger charge is -2.07. The van der Waals surface area contributed by atoms with Gasteiger partial charge in [-0.15, -0.1) is 21.5 Å². The fourth-order valence-corrected chi connectivity index (χ4v) is 4.05. The third-order valence-corrected chi connectivity index (χ3v) is 5.95. The van der Waals surface area contributed by atoms with E-state index in [0.29, 0.717) is 28.8 Å². The van der Waals surface area contributed by atoms with E-state index >= 15 is 0 Å². The van der Waals surface area contributed by atoms with Gasteiger partial charge in [-0.05, 0) is 23.6 Å². The van der Waals surface area contributed by atoms with Crippen molar-refractivity contribution in [1.82, 2.24) is 20.1 Å².